The van der Waals surface area contributed by atoms with E-state index in [1.165, 1.54) is 36.4 Å². The fraction of sp³-hybridized carbons (Fsp3) is 0.381. The number of nitro benzene ring substituents is 1. The highest BCUT2D eigenvalue weighted by Crippen LogP contribution is 2.29. The Morgan fingerprint density at radius 2 is 1.83 bits per heavy atom. The Labute approximate surface area is 170 Å². The molecule has 0 saturated carbocycles. The Balaban J connectivity index is 1.50. The highest BCUT2D eigenvalue weighted by Gasteiger charge is 2.20. The number of ether oxygens (including phenoxy) is 1. The first-order valence-corrected chi connectivity index (χ1v) is 9.58. The highest BCUT2D eigenvalue weighted by atomic mass is 16.6. The lowest BCUT2D eigenvalue weighted by atomic mass is 10.1. The number of hydrogen-bond donors (Lipinski definition) is 1. The largest absolute Gasteiger partial charge is 0.494 e. The molecule has 29 heavy (non-hydrogen) atoms. The van der Waals surface area contributed by atoms with Crippen LogP contribution in [-0.2, 0) is 11.3 Å². The lowest BCUT2D eigenvalue weighted by Crippen LogP contribution is -2.48. The minimum atomic E-state index is -0.495. The van der Waals surface area contributed by atoms with E-state index in [-0.39, 0.29) is 23.9 Å². The molecule has 0 radical (unpaired) electrons. The van der Waals surface area contributed by atoms with Crippen LogP contribution < -0.4 is 10.1 Å². The molecule has 0 spiro atoms. The molecule has 8 nitrogen and oxygen atoms in total. The molecule has 1 heterocycles. The maximum atomic E-state index is 12.4. The number of anilines is 1. The van der Waals surface area contributed by atoms with E-state index in [9.17, 15) is 14.9 Å². The van der Waals surface area contributed by atoms with Crippen molar-refractivity contribution in [1.82, 2.24) is 9.80 Å². The summed E-state index contributed by atoms with van der Waals surface area (Å²) in [6, 6.07) is 12.6. The van der Waals surface area contributed by atoms with E-state index in [0.717, 1.165) is 32.7 Å². The van der Waals surface area contributed by atoms with Gasteiger partial charge in [0.1, 0.15) is 5.75 Å². The van der Waals surface area contributed by atoms with E-state index in [0.29, 0.717) is 5.69 Å². The molecule has 0 bridgehead atoms. The number of piperazine rings is 1. The van der Waals surface area contributed by atoms with E-state index < -0.39 is 4.92 Å². The summed E-state index contributed by atoms with van der Waals surface area (Å²) in [7, 11) is 1.42. The maximum absolute atomic E-state index is 12.4. The summed E-state index contributed by atoms with van der Waals surface area (Å²) in [6.45, 7) is 6.77. The Bertz CT molecular complexity index is 879. The second kappa shape index (κ2) is 9.49. The molecule has 3 rings (SSSR count). The van der Waals surface area contributed by atoms with Crippen LogP contribution in [0.25, 0.3) is 0 Å². The van der Waals surface area contributed by atoms with Crippen molar-refractivity contribution in [2.45, 2.75) is 13.5 Å². The Morgan fingerprint density at radius 3 is 2.48 bits per heavy atom. The normalized spacial score (nSPS) is 15.1. The summed E-state index contributed by atoms with van der Waals surface area (Å²) in [5.74, 6) is 0.111. The van der Waals surface area contributed by atoms with Crippen LogP contribution in [0.3, 0.4) is 0 Å². The van der Waals surface area contributed by atoms with Crippen LogP contribution in [-0.4, -0.2) is 60.5 Å². The van der Waals surface area contributed by atoms with Crippen LogP contribution in [0.1, 0.15) is 11.1 Å². The fourth-order valence-corrected chi connectivity index (χ4v) is 3.42. The van der Waals surface area contributed by atoms with Crippen LogP contribution in [0, 0.1) is 17.0 Å². The summed E-state index contributed by atoms with van der Waals surface area (Å²) >= 11 is 0. The van der Waals surface area contributed by atoms with Gasteiger partial charge in [0, 0.05) is 38.8 Å². The van der Waals surface area contributed by atoms with Gasteiger partial charge in [-0.1, -0.05) is 24.3 Å². The van der Waals surface area contributed by atoms with Gasteiger partial charge in [-0.2, -0.15) is 0 Å². The number of amides is 1. The molecule has 0 atom stereocenters. The molecule has 0 unspecified atom stereocenters. The van der Waals surface area contributed by atoms with Gasteiger partial charge in [-0.3, -0.25) is 24.7 Å². The van der Waals surface area contributed by atoms with Crippen molar-refractivity contribution in [3.63, 3.8) is 0 Å². The molecule has 0 aromatic heterocycles. The zero-order valence-corrected chi connectivity index (χ0v) is 16.8. The van der Waals surface area contributed by atoms with Crippen molar-refractivity contribution in [3.8, 4) is 5.75 Å². The minimum absolute atomic E-state index is 0.0791. The Kier molecular flexibility index (Phi) is 6.79. The summed E-state index contributed by atoms with van der Waals surface area (Å²) in [5.41, 5.74) is 2.99. The Morgan fingerprint density at radius 1 is 1.14 bits per heavy atom. The molecule has 2 aromatic rings. The second-order valence-electron chi connectivity index (χ2n) is 7.17. The number of non-ortho nitro benzene ring substituents is 1. The number of methoxy groups -OCH3 is 1. The van der Waals surface area contributed by atoms with Gasteiger partial charge in [0.25, 0.3) is 5.69 Å². The van der Waals surface area contributed by atoms with Crippen LogP contribution in [0.5, 0.6) is 5.75 Å². The van der Waals surface area contributed by atoms with E-state index in [1.54, 1.807) is 0 Å². The molecule has 1 amide bonds. The zero-order valence-electron chi connectivity index (χ0n) is 16.8. The topological polar surface area (TPSA) is 87.9 Å². The monoisotopic (exact) mass is 398 g/mol. The van der Waals surface area contributed by atoms with Crippen LogP contribution in [0.15, 0.2) is 42.5 Å². The number of rotatable bonds is 7. The molecular weight excluding hydrogens is 372 g/mol. The summed E-state index contributed by atoms with van der Waals surface area (Å²) in [6.07, 6.45) is 0. The Hall–Kier alpha value is -2.97. The molecule has 1 fully saturated rings. The SMILES string of the molecule is COc1cc([N+](=O)[O-])ccc1NC(=O)CN1CCN(Cc2ccccc2C)CC1. The third-order valence-corrected chi connectivity index (χ3v) is 5.16. The van der Waals surface area contributed by atoms with E-state index >= 15 is 0 Å². The second-order valence-corrected chi connectivity index (χ2v) is 7.17. The van der Waals surface area contributed by atoms with Gasteiger partial charge >= 0.3 is 0 Å². The maximum Gasteiger partial charge on any atom is 0.273 e. The lowest BCUT2D eigenvalue weighted by Gasteiger charge is -2.34. The summed E-state index contributed by atoms with van der Waals surface area (Å²) in [4.78, 5) is 27.3. The van der Waals surface area contributed by atoms with E-state index in [1.807, 2.05) is 0 Å². The van der Waals surface area contributed by atoms with Crippen molar-refractivity contribution in [1.29, 1.82) is 0 Å². The van der Waals surface area contributed by atoms with Crippen molar-refractivity contribution in [3.05, 3.63) is 63.7 Å². The number of aryl methyl sites for hydroxylation is 1. The predicted octanol–water partition coefficient (Wildman–Crippen LogP) is 2.67. The first-order valence-electron chi connectivity index (χ1n) is 9.58. The van der Waals surface area contributed by atoms with Gasteiger partial charge in [-0.05, 0) is 24.1 Å². The van der Waals surface area contributed by atoms with Crippen LogP contribution >= 0.6 is 0 Å². The number of nitro groups is 1. The lowest BCUT2D eigenvalue weighted by molar-refractivity contribution is -0.384. The van der Waals surface area contributed by atoms with Gasteiger partial charge in [0.05, 0.1) is 30.3 Å². The molecule has 2 aromatic carbocycles. The zero-order chi connectivity index (χ0) is 20.8. The summed E-state index contributed by atoms with van der Waals surface area (Å²) in [5, 5.41) is 13.7. The smallest absolute Gasteiger partial charge is 0.273 e. The molecule has 1 saturated heterocycles. The van der Waals surface area contributed by atoms with Gasteiger partial charge < -0.3 is 10.1 Å². The number of nitrogens with one attached hydrogen (secondary N) is 1. The number of hydrogen-bond acceptors (Lipinski definition) is 6. The van der Waals surface area contributed by atoms with Crippen LogP contribution in [0.2, 0.25) is 0 Å². The molecule has 0 aliphatic carbocycles. The number of carbonyl (C=O) groups excluding carboxylic acids is 1. The molecular formula is C21H26N4O4. The minimum Gasteiger partial charge on any atom is -0.494 e. The van der Waals surface area contributed by atoms with E-state index in [4.69, 9.17) is 4.74 Å². The fourth-order valence-electron chi connectivity index (χ4n) is 3.42. The van der Waals surface area contributed by atoms with Crippen molar-refractivity contribution in [2.75, 3.05) is 45.2 Å². The summed E-state index contributed by atoms with van der Waals surface area (Å²) < 4.78 is 5.17. The molecule has 1 N–H and O–H groups in total. The molecule has 8 heteroatoms. The van der Waals surface area contributed by atoms with Crippen molar-refractivity contribution >= 4 is 17.3 Å². The van der Waals surface area contributed by atoms with E-state index in [2.05, 4.69) is 46.3 Å². The predicted molar refractivity (Wildman–Crippen MR) is 111 cm³/mol. The molecule has 1 aliphatic heterocycles. The third-order valence-electron chi connectivity index (χ3n) is 5.16. The standard InChI is InChI=1S/C21H26N4O4/c1-16-5-3-4-6-17(16)14-23-9-11-24(12-10-23)15-21(26)22-19-8-7-18(25(27)28)13-20(19)29-2/h3-8,13H,9-12,14-15H2,1-2H3,(H,22,26). The quantitative estimate of drug-likeness (QED) is 0.570. The number of carbonyl (C=O) groups is 1. The highest BCUT2D eigenvalue weighted by molar-refractivity contribution is 5.93. The molecule has 1 aliphatic rings. The third kappa shape index (κ3) is 5.52. The van der Waals surface area contributed by atoms with Gasteiger partial charge in [0.2, 0.25) is 5.91 Å². The van der Waals surface area contributed by atoms with Gasteiger partial charge in [0.15, 0.2) is 0 Å². The van der Waals surface area contributed by atoms with Gasteiger partial charge in [-0.25, -0.2) is 0 Å². The van der Waals surface area contributed by atoms with Gasteiger partial charge in [-0.15, -0.1) is 0 Å². The number of benzene rings is 2. The first-order chi connectivity index (χ1) is 14.0. The van der Waals surface area contributed by atoms with Crippen molar-refractivity contribution in [2.24, 2.45) is 0 Å². The number of nitrogens with zero attached hydrogens (tertiary/aromatic N) is 3. The average Bonchev–Trinajstić information content (AvgIpc) is 2.71. The average molecular weight is 398 g/mol. The molecule has 154 valence electrons. The van der Waals surface area contributed by atoms with Crippen molar-refractivity contribution < 1.29 is 14.5 Å². The van der Waals surface area contributed by atoms with Crippen LogP contribution in [0.4, 0.5) is 11.4 Å². The first kappa shape index (κ1) is 20.8.